The third-order valence-electron chi connectivity index (χ3n) is 3.59. The van der Waals surface area contributed by atoms with E-state index in [9.17, 15) is 9.59 Å². The number of aromatic nitrogens is 1. The molecule has 140 valence electrons. The highest BCUT2D eigenvalue weighted by atomic mass is 32.1. The van der Waals surface area contributed by atoms with Crippen LogP contribution in [0.25, 0.3) is 11.3 Å². The van der Waals surface area contributed by atoms with E-state index in [1.807, 2.05) is 57.0 Å². The smallest absolute Gasteiger partial charge is 0.234 e. The van der Waals surface area contributed by atoms with E-state index in [2.05, 4.69) is 10.6 Å². The number of thiazole rings is 1. The second kappa shape index (κ2) is 8.91. The zero-order valence-electron chi connectivity index (χ0n) is 15.9. The van der Waals surface area contributed by atoms with Gasteiger partial charge in [-0.2, -0.15) is 0 Å². The van der Waals surface area contributed by atoms with Crippen LogP contribution < -0.4 is 10.6 Å². The van der Waals surface area contributed by atoms with E-state index in [0.717, 1.165) is 26.8 Å². The summed E-state index contributed by atoms with van der Waals surface area (Å²) in [5.41, 5.74) is 2.73. The van der Waals surface area contributed by atoms with Crippen molar-refractivity contribution in [3.05, 3.63) is 34.2 Å². The van der Waals surface area contributed by atoms with Gasteiger partial charge in [-0.05, 0) is 40.0 Å². The Hall–Kier alpha value is -2.25. The minimum Gasteiger partial charge on any atom is -0.353 e. The van der Waals surface area contributed by atoms with Crippen LogP contribution in [0, 0.1) is 6.92 Å². The molecule has 6 nitrogen and oxygen atoms in total. The first-order chi connectivity index (χ1) is 12.2. The standard InChI is InChI=1S/C19H26N4O2S/c1-12(2)20-17(25)10-23(5)11-18-22-19(13(3)26-18)15-6-8-16(9-7-15)21-14(4)24/h6-9,12H,10-11H2,1-5H3,(H,20,25)(H,21,24). The Morgan fingerprint density at radius 2 is 1.88 bits per heavy atom. The Balaban J connectivity index is 2.04. The number of nitrogens with zero attached hydrogens (tertiary/aromatic N) is 2. The maximum Gasteiger partial charge on any atom is 0.234 e. The first kappa shape index (κ1) is 20.1. The molecule has 0 aliphatic rings. The van der Waals surface area contributed by atoms with Crippen LogP contribution in [0.2, 0.25) is 0 Å². The van der Waals surface area contributed by atoms with Gasteiger partial charge in [-0.25, -0.2) is 4.98 Å². The predicted molar refractivity (Wildman–Crippen MR) is 106 cm³/mol. The molecule has 2 aromatic rings. The van der Waals surface area contributed by atoms with Gasteiger partial charge in [0.1, 0.15) is 5.01 Å². The molecule has 0 unspecified atom stereocenters. The molecule has 1 aromatic carbocycles. The van der Waals surface area contributed by atoms with Gasteiger partial charge in [-0.15, -0.1) is 11.3 Å². The number of benzene rings is 1. The van der Waals surface area contributed by atoms with Crippen molar-refractivity contribution in [2.24, 2.45) is 0 Å². The number of anilines is 1. The van der Waals surface area contributed by atoms with E-state index in [0.29, 0.717) is 13.1 Å². The Kier molecular flexibility index (Phi) is 6.88. The van der Waals surface area contributed by atoms with Crippen molar-refractivity contribution in [1.29, 1.82) is 0 Å². The number of amides is 2. The lowest BCUT2D eigenvalue weighted by molar-refractivity contribution is -0.122. The van der Waals surface area contributed by atoms with Crippen LogP contribution in [-0.4, -0.2) is 41.3 Å². The van der Waals surface area contributed by atoms with Crippen LogP contribution in [0.15, 0.2) is 24.3 Å². The van der Waals surface area contributed by atoms with Crippen LogP contribution in [0.5, 0.6) is 0 Å². The number of hydrogen-bond donors (Lipinski definition) is 2. The number of carbonyl (C=O) groups excluding carboxylic acids is 2. The SMILES string of the molecule is CC(=O)Nc1ccc(-c2nc(CN(C)CC(=O)NC(C)C)sc2C)cc1. The highest BCUT2D eigenvalue weighted by Crippen LogP contribution is 2.29. The molecule has 2 rings (SSSR count). The highest BCUT2D eigenvalue weighted by molar-refractivity contribution is 7.12. The molecular weight excluding hydrogens is 348 g/mol. The summed E-state index contributed by atoms with van der Waals surface area (Å²) in [6, 6.07) is 7.80. The first-order valence-electron chi connectivity index (χ1n) is 8.57. The van der Waals surface area contributed by atoms with Gasteiger partial charge in [-0.3, -0.25) is 14.5 Å². The average Bonchev–Trinajstić information content (AvgIpc) is 2.86. The molecule has 7 heteroatoms. The molecule has 1 heterocycles. The number of nitrogens with one attached hydrogen (secondary N) is 2. The molecule has 0 saturated heterocycles. The van der Waals surface area contributed by atoms with Crippen molar-refractivity contribution in [3.8, 4) is 11.3 Å². The quantitative estimate of drug-likeness (QED) is 0.781. The van der Waals surface area contributed by atoms with Gasteiger partial charge in [0.2, 0.25) is 11.8 Å². The molecule has 0 aliphatic carbocycles. The fourth-order valence-corrected chi connectivity index (χ4v) is 3.64. The summed E-state index contributed by atoms with van der Waals surface area (Å²) in [5, 5.41) is 6.63. The second-order valence-corrected chi connectivity index (χ2v) is 7.95. The number of rotatable bonds is 7. The van der Waals surface area contributed by atoms with Crippen LogP contribution in [0.4, 0.5) is 5.69 Å². The second-order valence-electron chi connectivity index (χ2n) is 6.67. The van der Waals surface area contributed by atoms with E-state index in [4.69, 9.17) is 4.98 Å². The molecule has 2 amide bonds. The molecule has 2 N–H and O–H groups in total. The summed E-state index contributed by atoms with van der Waals surface area (Å²) in [6.07, 6.45) is 0. The van der Waals surface area contributed by atoms with Crippen LogP contribution in [0.3, 0.4) is 0 Å². The summed E-state index contributed by atoms with van der Waals surface area (Å²) in [5.74, 6) is -0.0704. The van der Waals surface area contributed by atoms with Crippen molar-refractivity contribution in [2.45, 2.75) is 40.3 Å². The fraction of sp³-hybridized carbons (Fsp3) is 0.421. The number of likely N-dealkylation sites (N-methyl/N-ethyl adjacent to an activating group) is 1. The molecular formula is C19H26N4O2S. The summed E-state index contributed by atoms with van der Waals surface area (Å²) in [6.45, 7) is 8.40. The van der Waals surface area contributed by atoms with Crippen molar-refractivity contribution in [1.82, 2.24) is 15.2 Å². The van der Waals surface area contributed by atoms with Crippen LogP contribution in [-0.2, 0) is 16.1 Å². The third kappa shape index (κ3) is 5.93. The molecule has 0 bridgehead atoms. The van der Waals surface area contributed by atoms with Gasteiger partial charge in [-0.1, -0.05) is 12.1 Å². The summed E-state index contributed by atoms with van der Waals surface area (Å²) in [7, 11) is 1.92. The average molecular weight is 375 g/mol. The Morgan fingerprint density at radius 1 is 1.23 bits per heavy atom. The van der Waals surface area contributed by atoms with Gasteiger partial charge in [0.05, 0.1) is 18.8 Å². The Bertz CT molecular complexity index is 768. The normalized spacial score (nSPS) is 11.0. The van der Waals surface area contributed by atoms with E-state index >= 15 is 0 Å². The lowest BCUT2D eigenvalue weighted by Crippen LogP contribution is -2.38. The van der Waals surface area contributed by atoms with Gasteiger partial charge in [0.15, 0.2) is 0 Å². The van der Waals surface area contributed by atoms with Crippen LogP contribution in [0.1, 0.15) is 30.7 Å². The fourth-order valence-electron chi connectivity index (χ4n) is 2.60. The Labute approximate surface area is 158 Å². The summed E-state index contributed by atoms with van der Waals surface area (Å²) in [4.78, 5) is 30.8. The van der Waals surface area contributed by atoms with E-state index < -0.39 is 0 Å². The molecule has 1 aromatic heterocycles. The number of aryl methyl sites for hydroxylation is 1. The van der Waals surface area contributed by atoms with Crippen molar-refractivity contribution >= 4 is 28.8 Å². The first-order valence-corrected chi connectivity index (χ1v) is 9.38. The number of hydrogen-bond acceptors (Lipinski definition) is 5. The van der Waals surface area contributed by atoms with Crippen molar-refractivity contribution < 1.29 is 9.59 Å². The molecule has 0 spiro atoms. The lowest BCUT2D eigenvalue weighted by Gasteiger charge is -2.16. The van der Waals surface area contributed by atoms with Crippen molar-refractivity contribution in [3.63, 3.8) is 0 Å². The summed E-state index contributed by atoms with van der Waals surface area (Å²) >= 11 is 1.64. The van der Waals surface area contributed by atoms with Gasteiger partial charge in [0.25, 0.3) is 0 Å². The molecule has 0 fully saturated rings. The Morgan fingerprint density at radius 3 is 2.46 bits per heavy atom. The van der Waals surface area contributed by atoms with E-state index in [1.54, 1.807) is 11.3 Å². The van der Waals surface area contributed by atoms with Gasteiger partial charge >= 0.3 is 0 Å². The predicted octanol–water partition coefficient (Wildman–Crippen LogP) is 3.03. The van der Waals surface area contributed by atoms with E-state index in [1.165, 1.54) is 6.92 Å². The lowest BCUT2D eigenvalue weighted by atomic mass is 10.1. The number of carbonyl (C=O) groups is 2. The minimum atomic E-state index is -0.0885. The molecule has 0 atom stereocenters. The largest absolute Gasteiger partial charge is 0.353 e. The molecule has 0 aliphatic heterocycles. The highest BCUT2D eigenvalue weighted by Gasteiger charge is 2.13. The maximum atomic E-state index is 11.9. The molecule has 0 radical (unpaired) electrons. The maximum absolute atomic E-state index is 11.9. The monoisotopic (exact) mass is 374 g/mol. The van der Waals surface area contributed by atoms with E-state index in [-0.39, 0.29) is 17.9 Å². The van der Waals surface area contributed by atoms with Crippen molar-refractivity contribution in [2.75, 3.05) is 18.9 Å². The molecule has 26 heavy (non-hydrogen) atoms. The van der Waals surface area contributed by atoms with Crippen LogP contribution >= 0.6 is 11.3 Å². The zero-order chi connectivity index (χ0) is 19.3. The summed E-state index contributed by atoms with van der Waals surface area (Å²) < 4.78 is 0. The van der Waals surface area contributed by atoms with Gasteiger partial charge < -0.3 is 10.6 Å². The third-order valence-corrected chi connectivity index (χ3v) is 4.54. The molecule has 0 saturated carbocycles. The zero-order valence-corrected chi connectivity index (χ0v) is 16.7. The minimum absolute atomic E-state index is 0.0181. The topological polar surface area (TPSA) is 74.3 Å². The van der Waals surface area contributed by atoms with Gasteiger partial charge in [0, 0.05) is 29.1 Å².